The number of hydrogen-bond acceptors (Lipinski definition) is 4. The molecule has 106 valence electrons. The maximum Gasteiger partial charge on any atom is 0.323 e. The van der Waals surface area contributed by atoms with E-state index in [0.29, 0.717) is 23.4 Å². The van der Waals surface area contributed by atoms with Gasteiger partial charge in [-0.2, -0.15) is 5.10 Å². The molecule has 7 nitrogen and oxygen atoms in total. The molecule has 0 aliphatic rings. The highest BCUT2D eigenvalue weighted by molar-refractivity contribution is 5.96. The van der Waals surface area contributed by atoms with Gasteiger partial charge in [-0.25, -0.2) is 9.50 Å². The van der Waals surface area contributed by atoms with Crippen LogP contribution in [-0.2, 0) is 4.79 Å². The van der Waals surface area contributed by atoms with Gasteiger partial charge in [-0.3, -0.25) is 9.59 Å². The average molecular weight is 276 g/mol. The number of likely N-dealkylation sites (N-methyl/N-ethyl adjacent to an activating group) is 1. The van der Waals surface area contributed by atoms with Crippen LogP contribution in [0.4, 0.5) is 0 Å². The van der Waals surface area contributed by atoms with Gasteiger partial charge in [-0.15, -0.1) is 0 Å². The SMILES string of the molecule is CCN(CC(=O)O)C(=O)c1cnc2cc(C)nn2c1C. The first kappa shape index (κ1) is 14.0. The van der Waals surface area contributed by atoms with Crippen LogP contribution >= 0.6 is 0 Å². The summed E-state index contributed by atoms with van der Waals surface area (Å²) in [5, 5.41) is 13.1. The highest BCUT2D eigenvalue weighted by atomic mass is 16.4. The third-order valence-corrected chi connectivity index (χ3v) is 3.07. The van der Waals surface area contributed by atoms with Gasteiger partial charge in [0, 0.05) is 18.8 Å². The Morgan fingerprint density at radius 1 is 1.40 bits per heavy atom. The maximum absolute atomic E-state index is 12.4. The molecule has 0 aromatic carbocycles. The molecule has 0 unspecified atom stereocenters. The van der Waals surface area contributed by atoms with Crippen LogP contribution < -0.4 is 0 Å². The highest BCUT2D eigenvalue weighted by Crippen LogP contribution is 2.13. The lowest BCUT2D eigenvalue weighted by Crippen LogP contribution is -2.36. The van der Waals surface area contributed by atoms with Gasteiger partial charge in [0.05, 0.1) is 17.0 Å². The van der Waals surface area contributed by atoms with Crippen LogP contribution in [0.1, 0.15) is 28.7 Å². The Morgan fingerprint density at radius 3 is 2.70 bits per heavy atom. The van der Waals surface area contributed by atoms with Crippen LogP contribution in [0.3, 0.4) is 0 Å². The number of rotatable bonds is 4. The molecular formula is C13H16N4O3. The molecule has 2 aromatic rings. The molecule has 1 N–H and O–H groups in total. The molecule has 1 amide bonds. The van der Waals surface area contributed by atoms with Crippen LogP contribution in [0.25, 0.3) is 5.65 Å². The van der Waals surface area contributed by atoms with Gasteiger partial charge < -0.3 is 10.0 Å². The lowest BCUT2D eigenvalue weighted by Gasteiger charge is -2.19. The Morgan fingerprint density at radius 2 is 2.10 bits per heavy atom. The fourth-order valence-corrected chi connectivity index (χ4v) is 2.03. The summed E-state index contributed by atoms with van der Waals surface area (Å²) >= 11 is 0. The first-order valence-corrected chi connectivity index (χ1v) is 6.27. The largest absolute Gasteiger partial charge is 0.480 e. The summed E-state index contributed by atoms with van der Waals surface area (Å²) in [5.74, 6) is -1.39. The van der Waals surface area contributed by atoms with Crippen LogP contribution in [0.2, 0.25) is 0 Å². The van der Waals surface area contributed by atoms with E-state index in [2.05, 4.69) is 10.1 Å². The number of carbonyl (C=O) groups excluding carboxylic acids is 1. The summed E-state index contributed by atoms with van der Waals surface area (Å²) in [6.07, 6.45) is 1.47. The number of fused-ring (bicyclic) bond motifs is 1. The van der Waals surface area contributed by atoms with E-state index in [1.165, 1.54) is 11.1 Å². The maximum atomic E-state index is 12.4. The molecule has 0 atom stereocenters. The normalized spacial score (nSPS) is 10.8. The average Bonchev–Trinajstić information content (AvgIpc) is 2.77. The zero-order valence-electron chi connectivity index (χ0n) is 11.6. The zero-order chi connectivity index (χ0) is 14.9. The third kappa shape index (κ3) is 2.47. The second-order valence-corrected chi connectivity index (χ2v) is 4.53. The number of aromatic nitrogens is 3. The molecule has 20 heavy (non-hydrogen) atoms. The summed E-state index contributed by atoms with van der Waals surface area (Å²) in [4.78, 5) is 28.6. The molecule has 2 heterocycles. The van der Waals surface area contributed by atoms with Crippen molar-refractivity contribution in [3.05, 3.63) is 29.2 Å². The van der Waals surface area contributed by atoms with Crippen molar-refractivity contribution in [1.29, 1.82) is 0 Å². The summed E-state index contributed by atoms with van der Waals surface area (Å²) in [5.41, 5.74) is 2.49. The highest BCUT2D eigenvalue weighted by Gasteiger charge is 2.20. The fraction of sp³-hybridized carbons (Fsp3) is 0.385. The van der Waals surface area contributed by atoms with Gasteiger partial charge in [-0.05, 0) is 20.8 Å². The van der Waals surface area contributed by atoms with E-state index in [1.807, 2.05) is 13.0 Å². The van der Waals surface area contributed by atoms with E-state index in [-0.39, 0.29) is 12.5 Å². The van der Waals surface area contributed by atoms with Crippen molar-refractivity contribution in [2.45, 2.75) is 20.8 Å². The van der Waals surface area contributed by atoms with Crippen molar-refractivity contribution in [3.8, 4) is 0 Å². The number of nitrogens with zero attached hydrogens (tertiary/aromatic N) is 4. The topological polar surface area (TPSA) is 87.8 Å². The van der Waals surface area contributed by atoms with Gasteiger partial charge in [0.15, 0.2) is 5.65 Å². The van der Waals surface area contributed by atoms with Crippen LogP contribution in [0.15, 0.2) is 12.3 Å². The molecule has 0 fully saturated rings. The second-order valence-electron chi connectivity index (χ2n) is 4.53. The number of aryl methyl sites for hydroxylation is 2. The minimum Gasteiger partial charge on any atom is -0.480 e. The lowest BCUT2D eigenvalue weighted by atomic mass is 10.2. The number of carboxylic acids is 1. The number of aliphatic carboxylic acids is 1. The van der Waals surface area contributed by atoms with Crippen molar-refractivity contribution >= 4 is 17.5 Å². The zero-order valence-corrected chi connectivity index (χ0v) is 11.6. The molecule has 0 saturated carbocycles. The summed E-state index contributed by atoms with van der Waals surface area (Å²) in [6.45, 7) is 5.34. The van der Waals surface area contributed by atoms with E-state index >= 15 is 0 Å². The minimum absolute atomic E-state index is 0.320. The third-order valence-electron chi connectivity index (χ3n) is 3.07. The molecule has 2 rings (SSSR count). The fourth-order valence-electron chi connectivity index (χ4n) is 2.03. The van der Waals surface area contributed by atoms with Crippen molar-refractivity contribution in [2.75, 3.05) is 13.1 Å². The minimum atomic E-state index is -1.04. The molecular weight excluding hydrogens is 260 g/mol. The van der Waals surface area contributed by atoms with Crippen molar-refractivity contribution in [1.82, 2.24) is 19.5 Å². The van der Waals surface area contributed by atoms with Crippen LogP contribution in [0.5, 0.6) is 0 Å². The Bertz CT molecular complexity index is 678. The summed E-state index contributed by atoms with van der Waals surface area (Å²) in [7, 11) is 0. The molecule has 0 spiro atoms. The summed E-state index contributed by atoms with van der Waals surface area (Å²) in [6, 6.07) is 1.82. The van der Waals surface area contributed by atoms with Crippen molar-refractivity contribution in [2.24, 2.45) is 0 Å². The quantitative estimate of drug-likeness (QED) is 0.896. The lowest BCUT2D eigenvalue weighted by molar-refractivity contribution is -0.137. The molecule has 0 aliphatic carbocycles. The van der Waals surface area contributed by atoms with Gasteiger partial charge in [0.25, 0.3) is 5.91 Å². The Hall–Kier alpha value is -2.44. The second kappa shape index (κ2) is 5.28. The van der Waals surface area contributed by atoms with Crippen LogP contribution in [-0.4, -0.2) is 49.6 Å². The predicted molar refractivity (Wildman–Crippen MR) is 71.7 cm³/mol. The Balaban J connectivity index is 2.43. The molecule has 0 aliphatic heterocycles. The Labute approximate surface area is 115 Å². The molecule has 0 saturated heterocycles. The van der Waals surface area contributed by atoms with Gasteiger partial charge in [0.2, 0.25) is 0 Å². The number of hydrogen-bond donors (Lipinski definition) is 1. The number of carboxylic acid groups (broad SMARTS) is 1. The smallest absolute Gasteiger partial charge is 0.323 e. The van der Waals surface area contributed by atoms with Crippen LogP contribution in [0, 0.1) is 13.8 Å². The monoisotopic (exact) mass is 276 g/mol. The van der Waals surface area contributed by atoms with E-state index in [4.69, 9.17) is 5.11 Å². The summed E-state index contributed by atoms with van der Waals surface area (Å²) < 4.78 is 1.59. The predicted octanol–water partition coefficient (Wildman–Crippen LogP) is 0.893. The van der Waals surface area contributed by atoms with Crippen molar-refractivity contribution < 1.29 is 14.7 Å². The van der Waals surface area contributed by atoms with E-state index in [0.717, 1.165) is 5.69 Å². The number of carbonyl (C=O) groups is 2. The Kier molecular flexibility index (Phi) is 3.69. The number of amides is 1. The van der Waals surface area contributed by atoms with E-state index in [9.17, 15) is 9.59 Å². The molecule has 0 bridgehead atoms. The van der Waals surface area contributed by atoms with Gasteiger partial charge in [0.1, 0.15) is 6.54 Å². The van der Waals surface area contributed by atoms with Gasteiger partial charge >= 0.3 is 5.97 Å². The first-order chi connectivity index (χ1) is 9.43. The molecule has 0 radical (unpaired) electrons. The molecule has 7 heteroatoms. The van der Waals surface area contributed by atoms with Crippen molar-refractivity contribution in [3.63, 3.8) is 0 Å². The first-order valence-electron chi connectivity index (χ1n) is 6.27. The van der Waals surface area contributed by atoms with E-state index < -0.39 is 5.97 Å². The van der Waals surface area contributed by atoms with E-state index in [1.54, 1.807) is 18.4 Å². The molecule has 2 aromatic heterocycles. The standard InChI is InChI=1S/C13H16N4O3/c1-4-16(7-12(18)19)13(20)10-6-14-11-5-8(2)15-17(11)9(10)3/h5-6H,4,7H2,1-3H3,(H,18,19). The van der Waals surface area contributed by atoms with Gasteiger partial charge in [-0.1, -0.05) is 0 Å².